The van der Waals surface area contributed by atoms with Gasteiger partial charge >= 0.3 is 6.03 Å². The lowest BCUT2D eigenvalue weighted by Crippen LogP contribution is -2.45. The van der Waals surface area contributed by atoms with Gasteiger partial charge in [-0.05, 0) is 36.5 Å². The molecular weight excluding hydrogens is 304 g/mol. The second-order valence-corrected chi connectivity index (χ2v) is 7.73. The summed E-state index contributed by atoms with van der Waals surface area (Å²) in [5.41, 5.74) is 0.844. The normalized spacial score (nSPS) is 19.0. The molecule has 6 nitrogen and oxygen atoms in total. The Balaban J connectivity index is 1.88. The maximum absolute atomic E-state index is 12.1. The van der Waals surface area contributed by atoms with Crippen molar-refractivity contribution in [1.29, 1.82) is 0 Å². The summed E-state index contributed by atoms with van der Waals surface area (Å²) in [6.45, 7) is 1.74. The quantitative estimate of drug-likeness (QED) is 0.864. The third kappa shape index (κ3) is 4.45. The zero-order valence-corrected chi connectivity index (χ0v) is 13.5. The lowest BCUT2D eigenvalue weighted by Gasteiger charge is -2.31. The van der Waals surface area contributed by atoms with E-state index in [0.717, 1.165) is 24.7 Å². The minimum atomic E-state index is -3.20. The average Bonchev–Trinajstić information content (AvgIpc) is 2.52. The number of aliphatic hydroxyl groups excluding tert-OH is 1. The first kappa shape index (κ1) is 16.8. The second-order valence-electron chi connectivity index (χ2n) is 5.71. The highest BCUT2D eigenvalue weighted by atomic mass is 32.2. The number of piperidine rings is 1. The number of hydrogen-bond donors (Lipinski definition) is 2. The minimum Gasteiger partial charge on any atom is -0.396 e. The molecule has 1 aliphatic rings. The summed E-state index contributed by atoms with van der Waals surface area (Å²) in [4.78, 5) is 14.1. The Kier molecular flexibility index (Phi) is 5.42. The van der Waals surface area contributed by atoms with Crippen molar-refractivity contribution in [3.8, 4) is 0 Å². The summed E-state index contributed by atoms with van der Waals surface area (Å²) in [7, 11) is -3.20. The Hall–Kier alpha value is -1.60. The van der Waals surface area contributed by atoms with Crippen molar-refractivity contribution in [3.63, 3.8) is 0 Å². The topological polar surface area (TPSA) is 86.7 Å². The highest BCUT2D eigenvalue weighted by Gasteiger charge is 2.22. The smallest absolute Gasteiger partial charge is 0.317 e. The van der Waals surface area contributed by atoms with E-state index in [9.17, 15) is 18.3 Å². The van der Waals surface area contributed by atoms with Crippen molar-refractivity contribution in [1.82, 2.24) is 10.2 Å². The number of nitrogens with zero attached hydrogens (tertiary/aromatic N) is 1. The Labute approximate surface area is 131 Å². The third-order valence-corrected chi connectivity index (χ3v) is 4.99. The van der Waals surface area contributed by atoms with Crippen molar-refractivity contribution < 1.29 is 18.3 Å². The predicted octanol–water partition coefficient (Wildman–Crippen LogP) is 1.00. The van der Waals surface area contributed by atoms with Crippen LogP contribution in [-0.4, -0.2) is 50.4 Å². The highest BCUT2D eigenvalue weighted by molar-refractivity contribution is 7.90. The lowest BCUT2D eigenvalue weighted by atomic mass is 9.99. The van der Waals surface area contributed by atoms with E-state index < -0.39 is 9.84 Å². The van der Waals surface area contributed by atoms with Crippen molar-refractivity contribution in [2.45, 2.75) is 24.3 Å². The van der Waals surface area contributed by atoms with Crippen molar-refractivity contribution in [2.24, 2.45) is 5.92 Å². The van der Waals surface area contributed by atoms with Crippen molar-refractivity contribution >= 4 is 15.9 Å². The molecule has 1 fully saturated rings. The SMILES string of the molecule is CS(=O)(=O)c1ccc(CNC(=O)N2CCCC(CO)C2)cc1. The van der Waals surface area contributed by atoms with Crippen molar-refractivity contribution in [3.05, 3.63) is 29.8 Å². The molecule has 0 radical (unpaired) electrons. The molecule has 1 aromatic carbocycles. The number of likely N-dealkylation sites (tertiary alicyclic amines) is 1. The largest absolute Gasteiger partial charge is 0.396 e. The molecule has 1 heterocycles. The van der Waals surface area contributed by atoms with Crippen LogP contribution in [-0.2, 0) is 16.4 Å². The van der Waals surface area contributed by atoms with Gasteiger partial charge in [0.2, 0.25) is 0 Å². The molecule has 0 spiro atoms. The van der Waals surface area contributed by atoms with Crippen LogP contribution in [0.3, 0.4) is 0 Å². The van der Waals surface area contributed by atoms with Gasteiger partial charge in [-0.25, -0.2) is 13.2 Å². The van der Waals surface area contributed by atoms with Gasteiger partial charge in [0.25, 0.3) is 0 Å². The molecule has 1 aromatic rings. The molecule has 2 rings (SSSR count). The number of aliphatic hydroxyl groups is 1. The molecule has 2 N–H and O–H groups in total. The number of rotatable bonds is 4. The Morgan fingerprint density at radius 1 is 1.36 bits per heavy atom. The van der Waals surface area contributed by atoms with Gasteiger partial charge in [0.1, 0.15) is 0 Å². The third-order valence-electron chi connectivity index (χ3n) is 3.86. The van der Waals surface area contributed by atoms with Gasteiger partial charge in [0, 0.05) is 32.5 Å². The number of benzene rings is 1. The van der Waals surface area contributed by atoms with E-state index in [1.54, 1.807) is 29.2 Å². The van der Waals surface area contributed by atoms with E-state index in [0.29, 0.717) is 19.6 Å². The molecule has 0 saturated carbocycles. The zero-order valence-electron chi connectivity index (χ0n) is 12.7. The number of nitrogens with one attached hydrogen (secondary N) is 1. The molecule has 1 aliphatic heterocycles. The number of carbonyl (C=O) groups excluding carboxylic acids is 1. The van der Waals surface area contributed by atoms with Crippen LogP contribution in [0, 0.1) is 5.92 Å². The summed E-state index contributed by atoms with van der Waals surface area (Å²) in [5.74, 6) is 0.161. The molecule has 0 aliphatic carbocycles. The van der Waals surface area contributed by atoms with Crippen LogP contribution in [0.4, 0.5) is 4.79 Å². The van der Waals surface area contributed by atoms with Crippen LogP contribution in [0.25, 0.3) is 0 Å². The van der Waals surface area contributed by atoms with Gasteiger partial charge in [0.15, 0.2) is 9.84 Å². The Morgan fingerprint density at radius 2 is 2.05 bits per heavy atom. The first-order chi connectivity index (χ1) is 10.4. The summed E-state index contributed by atoms with van der Waals surface area (Å²) in [6, 6.07) is 6.33. The first-order valence-corrected chi connectivity index (χ1v) is 9.22. The van der Waals surface area contributed by atoms with Gasteiger partial charge in [-0.3, -0.25) is 0 Å². The molecule has 1 unspecified atom stereocenters. The van der Waals surface area contributed by atoms with Crippen LogP contribution in [0.1, 0.15) is 18.4 Å². The van der Waals surface area contributed by atoms with Gasteiger partial charge < -0.3 is 15.3 Å². The van der Waals surface area contributed by atoms with Crippen LogP contribution < -0.4 is 5.32 Å². The number of carbonyl (C=O) groups is 1. The van der Waals surface area contributed by atoms with E-state index in [-0.39, 0.29) is 23.5 Å². The van der Waals surface area contributed by atoms with Crippen molar-refractivity contribution in [2.75, 3.05) is 26.0 Å². The number of sulfone groups is 1. The van der Waals surface area contributed by atoms with Gasteiger partial charge in [-0.2, -0.15) is 0 Å². The number of hydrogen-bond acceptors (Lipinski definition) is 4. The highest BCUT2D eigenvalue weighted by Crippen LogP contribution is 2.16. The molecule has 2 amide bonds. The fourth-order valence-electron chi connectivity index (χ4n) is 2.54. The standard InChI is InChI=1S/C15H22N2O4S/c1-22(20,21)14-6-4-12(5-7-14)9-16-15(19)17-8-2-3-13(10-17)11-18/h4-7,13,18H,2-3,8-11H2,1H3,(H,16,19). The van der Waals surface area contributed by atoms with E-state index in [1.165, 1.54) is 0 Å². The molecular formula is C15H22N2O4S. The summed E-state index contributed by atoms with van der Waals surface area (Å²) >= 11 is 0. The Bertz CT molecular complexity index is 613. The first-order valence-electron chi connectivity index (χ1n) is 7.33. The molecule has 1 saturated heterocycles. The molecule has 0 bridgehead atoms. The van der Waals surface area contributed by atoms with E-state index in [4.69, 9.17) is 0 Å². The number of urea groups is 1. The van der Waals surface area contributed by atoms with E-state index >= 15 is 0 Å². The Morgan fingerprint density at radius 3 is 2.64 bits per heavy atom. The lowest BCUT2D eigenvalue weighted by molar-refractivity contribution is 0.129. The molecule has 122 valence electrons. The maximum atomic E-state index is 12.1. The fraction of sp³-hybridized carbons (Fsp3) is 0.533. The maximum Gasteiger partial charge on any atom is 0.317 e. The number of amides is 2. The second kappa shape index (κ2) is 7.11. The fourth-order valence-corrected chi connectivity index (χ4v) is 3.17. The van der Waals surface area contributed by atoms with Crippen LogP contribution in [0.5, 0.6) is 0 Å². The van der Waals surface area contributed by atoms with Crippen LogP contribution >= 0.6 is 0 Å². The molecule has 22 heavy (non-hydrogen) atoms. The zero-order chi connectivity index (χ0) is 16.2. The summed E-state index contributed by atoms with van der Waals surface area (Å²) < 4.78 is 22.8. The predicted molar refractivity (Wildman–Crippen MR) is 83.2 cm³/mol. The van der Waals surface area contributed by atoms with Crippen LogP contribution in [0.2, 0.25) is 0 Å². The molecule has 7 heteroatoms. The van der Waals surface area contributed by atoms with E-state index in [1.807, 2.05) is 0 Å². The van der Waals surface area contributed by atoms with E-state index in [2.05, 4.69) is 5.32 Å². The van der Waals surface area contributed by atoms with Gasteiger partial charge in [0.05, 0.1) is 4.90 Å². The average molecular weight is 326 g/mol. The van der Waals surface area contributed by atoms with Crippen LogP contribution in [0.15, 0.2) is 29.2 Å². The monoisotopic (exact) mass is 326 g/mol. The van der Waals surface area contributed by atoms with Gasteiger partial charge in [-0.1, -0.05) is 12.1 Å². The molecule has 0 aromatic heterocycles. The van der Waals surface area contributed by atoms with Gasteiger partial charge in [-0.15, -0.1) is 0 Å². The summed E-state index contributed by atoms with van der Waals surface area (Å²) in [6.07, 6.45) is 3.02. The summed E-state index contributed by atoms with van der Waals surface area (Å²) in [5, 5.41) is 12.0. The minimum absolute atomic E-state index is 0.108. The molecule has 1 atom stereocenters.